The van der Waals surface area contributed by atoms with E-state index in [9.17, 15) is 18.0 Å². The van der Waals surface area contributed by atoms with Gasteiger partial charge in [0.15, 0.2) is 0 Å². The number of para-hydroxylation sites is 1. The molecule has 0 bridgehead atoms. The average Bonchev–Trinajstić information content (AvgIpc) is 2.35. The Hall–Kier alpha value is -2.13. The zero-order chi connectivity index (χ0) is 15.3. The molecule has 1 aromatic rings. The lowest BCUT2D eigenvalue weighted by molar-refractivity contribution is -0.137. The Balaban J connectivity index is 2.91. The van der Waals surface area contributed by atoms with Gasteiger partial charge in [0.05, 0.1) is 17.7 Å². The second-order valence-electron chi connectivity index (χ2n) is 3.98. The van der Waals surface area contributed by atoms with Gasteiger partial charge in [0.25, 0.3) is 5.91 Å². The van der Waals surface area contributed by atoms with E-state index in [4.69, 9.17) is 10.8 Å². The first-order chi connectivity index (χ1) is 9.24. The van der Waals surface area contributed by atoms with Crippen LogP contribution in [0.2, 0.25) is 0 Å². The number of nitrogens with zero attached hydrogens (tertiary/aromatic N) is 1. The number of carbonyl (C=O) groups excluding carboxylic acids is 1. The van der Waals surface area contributed by atoms with Crippen LogP contribution >= 0.6 is 0 Å². The van der Waals surface area contributed by atoms with Gasteiger partial charge >= 0.3 is 16.2 Å². The van der Waals surface area contributed by atoms with E-state index in [0.717, 1.165) is 4.31 Å². The quantitative estimate of drug-likeness (QED) is 0.644. The number of nitrogens with one attached hydrogen (secondary N) is 1. The first-order valence-electron chi connectivity index (χ1n) is 5.58. The molecule has 0 saturated carbocycles. The van der Waals surface area contributed by atoms with Crippen molar-refractivity contribution in [2.75, 3.05) is 18.3 Å². The molecule has 0 aliphatic rings. The Kier molecular flexibility index (Phi) is 5.06. The van der Waals surface area contributed by atoms with E-state index in [-0.39, 0.29) is 24.2 Å². The van der Waals surface area contributed by atoms with Crippen LogP contribution in [-0.4, -0.2) is 43.3 Å². The van der Waals surface area contributed by atoms with Gasteiger partial charge in [0, 0.05) is 13.6 Å². The number of nitrogens with two attached hydrogens (primary N) is 1. The maximum absolute atomic E-state index is 12.0. The second kappa shape index (κ2) is 6.35. The molecule has 0 unspecified atom stereocenters. The van der Waals surface area contributed by atoms with Crippen LogP contribution in [0.5, 0.6) is 0 Å². The van der Waals surface area contributed by atoms with Crippen molar-refractivity contribution < 1.29 is 23.1 Å². The first-order valence-corrected chi connectivity index (χ1v) is 7.02. The van der Waals surface area contributed by atoms with E-state index in [2.05, 4.69) is 4.72 Å². The lowest BCUT2D eigenvalue weighted by Gasteiger charge is -2.18. The summed E-state index contributed by atoms with van der Waals surface area (Å²) in [7, 11) is -2.72. The molecule has 0 radical (unpaired) electrons. The fourth-order valence-corrected chi connectivity index (χ4v) is 2.32. The third-order valence-corrected chi connectivity index (χ3v) is 3.96. The number of carboxylic acid groups (broad SMARTS) is 1. The normalized spacial score (nSPS) is 11.3. The number of benzene rings is 1. The van der Waals surface area contributed by atoms with E-state index in [1.54, 1.807) is 12.1 Å². The number of primary amides is 1. The van der Waals surface area contributed by atoms with Crippen molar-refractivity contribution in [2.45, 2.75) is 6.42 Å². The molecular weight excluding hydrogens is 286 g/mol. The number of aliphatic carboxylic acids is 1. The van der Waals surface area contributed by atoms with Crippen LogP contribution < -0.4 is 10.5 Å². The van der Waals surface area contributed by atoms with E-state index >= 15 is 0 Å². The fourth-order valence-electron chi connectivity index (χ4n) is 1.38. The predicted molar refractivity (Wildman–Crippen MR) is 72.4 cm³/mol. The third-order valence-electron chi connectivity index (χ3n) is 2.48. The number of hydrogen-bond donors (Lipinski definition) is 3. The molecule has 0 aromatic heterocycles. The minimum atomic E-state index is -3.95. The lowest BCUT2D eigenvalue weighted by atomic mass is 10.2. The van der Waals surface area contributed by atoms with Crippen molar-refractivity contribution in [2.24, 2.45) is 5.73 Å². The summed E-state index contributed by atoms with van der Waals surface area (Å²) >= 11 is 0. The lowest BCUT2D eigenvalue weighted by Crippen LogP contribution is -2.34. The van der Waals surface area contributed by atoms with Gasteiger partial charge < -0.3 is 10.8 Å². The van der Waals surface area contributed by atoms with Crippen LogP contribution in [0.3, 0.4) is 0 Å². The van der Waals surface area contributed by atoms with E-state index in [0.29, 0.717) is 0 Å². The van der Waals surface area contributed by atoms with Crippen molar-refractivity contribution in [1.29, 1.82) is 0 Å². The highest BCUT2D eigenvalue weighted by Gasteiger charge is 2.20. The Morgan fingerprint density at radius 2 is 1.95 bits per heavy atom. The molecule has 0 atom stereocenters. The highest BCUT2D eigenvalue weighted by atomic mass is 32.2. The maximum Gasteiger partial charge on any atom is 0.304 e. The van der Waals surface area contributed by atoms with Gasteiger partial charge in [-0.3, -0.25) is 14.3 Å². The smallest absolute Gasteiger partial charge is 0.304 e. The zero-order valence-corrected chi connectivity index (χ0v) is 11.6. The second-order valence-corrected chi connectivity index (χ2v) is 5.76. The number of hydrogen-bond acceptors (Lipinski definition) is 4. The minimum Gasteiger partial charge on any atom is -0.481 e. The molecule has 0 saturated heterocycles. The number of anilines is 1. The van der Waals surface area contributed by atoms with Crippen LogP contribution in [0.25, 0.3) is 0 Å². The standard InChI is InChI=1S/C11H15N3O5S/c1-14(7-6-10(15)16)20(18,19)13-9-5-3-2-4-8(9)11(12)17/h2-5,13H,6-7H2,1H3,(H2,12,17)(H,15,16). The maximum atomic E-state index is 12.0. The molecule has 4 N–H and O–H groups in total. The summed E-state index contributed by atoms with van der Waals surface area (Å²) in [5.41, 5.74) is 5.22. The molecule has 1 aromatic carbocycles. The predicted octanol–water partition coefficient (Wildman–Crippen LogP) is -0.151. The number of amides is 1. The third kappa shape index (κ3) is 4.21. The van der Waals surface area contributed by atoms with Gasteiger partial charge in [-0.25, -0.2) is 0 Å². The molecule has 0 fully saturated rings. The first kappa shape index (κ1) is 15.9. The average molecular weight is 301 g/mol. The molecule has 9 heteroatoms. The summed E-state index contributed by atoms with van der Waals surface area (Å²) in [6, 6.07) is 5.87. The topological polar surface area (TPSA) is 130 Å². The van der Waals surface area contributed by atoms with E-state index < -0.39 is 22.1 Å². The summed E-state index contributed by atoms with van der Waals surface area (Å²) in [6.45, 7) is -0.191. The molecule has 1 amide bonds. The Labute approximate surface area is 116 Å². The Morgan fingerprint density at radius 3 is 2.50 bits per heavy atom. The van der Waals surface area contributed by atoms with Crippen molar-refractivity contribution in [3.05, 3.63) is 29.8 Å². The summed E-state index contributed by atoms with van der Waals surface area (Å²) in [5, 5.41) is 8.53. The Morgan fingerprint density at radius 1 is 1.35 bits per heavy atom. The van der Waals surface area contributed by atoms with Crippen LogP contribution in [0.15, 0.2) is 24.3 Å². The van der Waals surface area contributed by atoms with Crippen LogP contribution in [0.1, 0.15) is 16.8 Å². The minimum absolute atomic E-state index is 0.0303. The van der Waals surface area contributed by atoms with Crippen molar-refractivity contribution >= 4 is 27.8 Å². The number of rotatable bonds is 7. The van der Waals surface area contributed by atoms with Crippen molar-refractivity contribution in [3.8, 4) is 0 Å². The molecule has 0 aliphatic heterocycles. The molecule has 1 rings (SSSR count). The molecule has 110 valence electrons. The molecule has 20 heavy (non-hydrogen) atoms. The summed E-state index contributed by atoms with van der Waals surface area (Å²) in [5.74, 6) is -1.87. The molecule has 0 heterocycles. The largest absolute Gasteiger partial charge is 0.481 e. The number of carboxylic acids is 1. The van der Waals surface area contributed by atoms with Gasteiger partial charge in [0.2, 0.25) is 0 Å². The molecular formula is C11H15N3O5S. The monoisotopic (exact) mass is 301 g/mol. The van der Waals surface area contributed by atoms with Crippen molar-refractivity contribution in [3.63, 3.8) is 0 Å². The van der Waals surface area contributed by atoms with Gasteiger partial charge in [-0.15, -0.1) is 0 Å². The van der Waals surface area contributed by atoms with Gasteiger partial charge in [-0.1, -0.05) is 12.1 Å². The zero-order valence-electron chi connectivity index (χ0n) is 10.7. The van der Waals surface area contributed by atoms with Gasteiger partial charge in [-0.2, -0.15) is 12.7 Å². The fraction of sp³-hybridized carbons (Fsp3) is 0.273. The molecule has 0 spiro atoms. The highest BCUT2D eigenvalue weighted by molar-refractivity contribution is 7.90. The van der Waals surface area contributed by atoms with Gasteiger partial charge in [0.1, 0.15) is 0 Å². The van der Waals surface area contributed by atoms with E-state index in [1.807, 2.05) is 0 Å². The van der Waals surface area contributed by atoms with Gasteiger partial charge in [-0.05, 0) is 12.1 Å². The number of carbonyl (C=O) groups is 2. The van der Waals surface area contributed by atoms with E-state index in [1.165, 1.54) is 19.2 Å². The van der Waals surface area contributed by atoms with Crippen molar-refractivity contribution in [1.82, 2.24) is 4.31 Å². The van der Waals surface area contributed by atoms with Crippen LogP contribution in [-0.2, 0) is 15.0 Å². The highest BCUT2D eigenvalue weighted by Crippen LogP contribution is 2.16. The van der Waals surface area contributed by atoms with Crippen LogP contribution in [0.4, 0.5) is 5.69 Å². The SMILES string of the molecule is CN(CCC(=O)O)S(=O)(=O)Nc1ccccc1C(N)=O. The molecule has 8 nitrogen and oxygen atoms in total. The Bertz CT molecular complexity index is 614. The molecule has 0 aliphatic carbocycles. The summed E-state index contributed by atoms with van der Waals surface area (Å²) in [4.78, 5) is 21.6. The summed E-state index contributed by atoms with van der Waals surface area (Å²) in [6.07, 6.45) is -0.325. The summed E-state index contributed by atoms with van der Waals surface area (Å²) < 4.78 is 27.0. The van der Waals surface area contributed by atoms with Crippen LogP contribution in [0, 0.1) is 0 Å².